The highest BCUT2D eigenvalue weighted by atomic mass is 16.5. The lowest BCUT2D eigenvalue weighted by atomic mass is 10.1. The number of benzene rings is 2. The molecule has 4 rings (SSSR count). The quantitative estimate of drug-likeness (QED) is 0.542. The average Bonchev–Trinajstić information content (AvgIpc) is 2.79. The number of carbonyl (C=O) groups excluding carboxylic acids is 1. The molecule has 0 radical (unpaired) electrons. The summed E-state index contributed by atoms with van der Waals surface area (Å²) in [5, 5.41) is 6.60. The summed E-state index contributed by atoms with van der Waals surface area (Å²) in [6, 6.07) is 20.4. The topological polar surface area (TPSA) is 92.5 Å². The number of anilines is 4. The Labute approximate surface area is 182 Å². The number of hydrogen-bond donors (Lipinski definition) is 3. The Kier molecular flexibility index (Phi) is 6.33. The van der Waals surface area contributed by atoms with Gasteiger partial charge in [0, 0.05) is 42.8 Å². The van der Waals surface area contributed by atoms with Gasteiger partial charge in [0.1, 0.15) is 5.82 Å². The van der Waals surface area contributed by atoms with E-state index in [1.54, 1.807) is 6.07 Å². The van der Waals surface area contributed by atoms with Gasteiger partial charge < -0.3 is 26.0 Å². The summed E-state index contributed by atoms with van der Waals surface area (Å²) in [7, 11) is 0. The third-order valence-electron chi connectivity index (χ3n) is 5.33. The maximum atomic E-state index is 11.8. The SMILES string of the molecule is C[C@H]1COCCN1c1ccc(Nc2cc(NCc3ccccc3)c(C(N)=O)cn2)cc1. The molecule has 4 N–H and O–H groups in total. The van der Waals surface area contributed by atoms with Crippen molar-refractivity contribution in [2.75, 3.05) is 35.3 Å². The van der Waals surface area contributed by atoms with Gasteiger partial charge in [-0.25, -0.2) is 4.98 Å². The van der Waals surface area contributed by atoms with Gasteiger partial charge in [-0.1, -0.05) is 30.3 Å². The summed E-state index contributed by atoms with van der Waals surface area (Å²) in [5.74, 6) is 0.117. The van der Waals surface area contributed by atoms with Gasteiger partial charge in [-0.15, -0.1) is 0 Å². The molecule has 1 aliphatic heterocycles. The van der Waals surface area contributed by atoms with E-state index in [2.05, 4.69) is 39.6 Å². The van der Waals surface area contributed by atoms with Crippen LogP contribution in [0.25, 0.3) is 0 Å². The van der Waals surface area contributed by atoms with Gasteiger partial charge in [-0.05, 0) is 36.8 Å². The lowest BCUT2D eigenvalue weighted by Gasteiger charge is -2.35. The van der Waals surface area contributed by atoms with Crippen LogP contribution in [0.3, 0.4) is 0 Å². The normalized spacial score (nSPS) is 16.0. The third kappa shape index (κ3) is 5.13. The van der Waals surface area contributed by atoms with Gasteiger partial charge in [-0.2, -0.15) is 0 Å². The zero-order valence-corrected chi connectivity index (χ0v) is 17.5. The van der Waals surface area contributed by atoms with Crippen LogP contribution >= 0.6 is 0 Å². The van der Waals surface area contributed by atoms with Crippen molar-refractivity contribution in [3.8, 4) is 0 Å². The van der Waals surface area contributed by atoms with E-state index in [0.29, 0.717) is 29.7 Å². The van der Waals surface area contributed by atoms with Gasteiger partial charge in [0.05, 0.1) is 24.5 Å². The molecule has 0 aliphatic carbocycles. The number of hydrogen-bond acceptors (Lipinski definition) is 6. The van der Waals surface area contributed by atoms with E-state index in [0.717, 1.165) is 31.0 Å². The number of nitrogens with one attached hydrogen (secondary N) is 2. The van der Waals surface area contributed by atoms with Crippen LogP contribution in [0.5, 0.6) is 0 Å². The standard InChI is InChI=1S/C24H27N5O2/c1-17-16-31-12-11-29(17)20-9-7-19(8-10-20)28-23-13-22(21(15-27-23)24(25)30)26-14-18-5-3-2-4-6-18/h2-10,13,15,17H,11-12,14,16H2,1H3,(H2,25,30)(H2,26,27,28)/t17-/m0/s1. The Bertz CT molecular complexity index is 1020. The van der Waals surface area contributed by atoms with Crippen molar-refractivity contribution in [1.29, 1.82) is 0 Å². The highest BCUT2D eigenvalue weighted by Gasteiger charge is 2.19. The van der Waals surface area contributed by atoms with E-state index in [1.165, 1.54) is 11.9 Å². The van der Waals surface area contributed by atoms with Gasteiger partial charge >= 0.3 is 0 Å². The predicted octanol–water partition coefficient (Wildman–Crippen LogP) is 3.76. The number of primary amides is 1. The van der Waals surface area contributed by atoms with E-state index >= 15 is 0 Å². The van der Waals surface area contributed by atoms with Crippen molar-refractivity contribution < 1.29 is 9.53 Å². The zero-order valence-electron chi connectivity index (χ0n) is 17.5. The lowest BCUT2D eigenvalue weighted by Crippen LogP contribution is -2.43. The minimum Gasteiger partial charge on any atom is -0.380 e. The zero-order chi connectivity index (χ0) is 21.6. The first-order chi connectivity index (χ1) is 15.1. The third-order valence-corrected chi connectivity index (χ3v) is 5.33. The average molecular weight is 418 g/mol. The summed E-state index contributed by atoms with van der Waals surface area (Å²) >= 11 is 0. The van der Waals surface area contributed by atoms with Gasteiger partial charge in [0.15, 0.2) is 0 Å². The number of amides is 1. The van der Waals surface area contributed by atoms with Crippen molar-refractivity contribution >= 4 is 28.8 Å². The Morgan fingerprint density at radius 3 is 2.68 bits per heavy atom. The Balaban J connectivity index is 1.48. The van der Waals surface area contributed by atoms with Gasteiger partial charge in [0.25, 0.3) is 5.91 Å². The Hall–Kier alpha value is -3.58. The van der Waals surface area contributed by atoms with Crippen LogP contribution in [0.1, 0.15) is 22.8 Å². The Morgan fingerprint density at radius 2 is 1.97 bits per heavy atom. The van der Waals surface area contributed by atoms with Crippen LogP contribution in [0.2, 0.25) is 0 Å². The first-order valence-corrected chi connectivity index (χ1v) is 10.4. The minimum atomic E-state index is -0.515. The van der Waals surface area contributed by atoms with Crippen LogP contribution in [0, 0.1) is 0 Å². The van der Waals surface area contributed by atoms with Crippen molar-refractivity contribution in [3.05, 3.63) is 78.0 Å². The molecule has 1 amide bonds. The Morgan fingerprint density at radius 1 is 1.19 bits per heavy atom. The molecule has 1 fully saturated rings. The van der Waals surface area contributed by atoms with Crippen LogP contribution < -0.4 is 21.3 Å². The molecule has 0 saturated carbocycles. The molecule has 2 heterocycles. The molecule has 1 saturated heterocycles. The molecular formula is C24H27N5O2. The summed E-state index contributed by atoms with van der Waals surface area (Å²) in [4.78, 5) is 18.5. The van der Waals surface area contributed by atoms with E-state index in [9.17, 15) is 4.79 Å². The van der Waals surface area contributed by atoms with Gasteiger partial charge in [-0.3, -0.25) is 4.79 Å². The highest BCUT2D eigenvalue weighted by Crippen LogP contribution is 2.25. The highest BCUT2D eigenvalue weighted by molar-refractivity contribution is 5.98. The molecule has 1 aliphatic rings. The fraction of sp³-hybridized carbons (Fsp3) is 0.250. The number of carbonyl (C=O) groups is 1. The number of morpholine rings is 1. The molecule has 7 heteroatoms. The molecule has 7 nitrogen and oxygen atoms in total. The van der Waals surface area contributed by atoms with Crippen molar-refractivity contribution in [1.82, 2.24) is 4.98 Å². The van der Waals surface area contributed by atoms with Gasteiger partial charge in [0.2, 0.25) is 0 Å². The number of rotatable bonds is 7. The van der Waals surface area contributed by atoms with Crippen molar-refractivity contribution in [2.45, 2.75) is 19.5 Å². The molecule has 0 spiro atoms. The molecule has 31 heavy (non-hydrogen) atoms. The van der Waals surface area contributed by atoms with E-state index < -0.39 is 5.91 Å². The van der Waals surface area contributed by atoms with Crippen molar-refractivity contribution in [2.24, 2.45) is 5.73 Å². The predicted molar refractivity (Wildman–Crippen MR) is 124 cm³/mol. The van der Waals surface area contributed by atoms with Crippen LogP contribution in [0.15, 0.2) is 66.9 Å². The first-order valence-electron chi connectivity index (χ1n) is 10.4. The molecule has 3 aromatic rings. The van der Waals surface area contributed by atoms with Crippen LogP contribution in [-0.4, -0.2) is 36.7 Å². The fourth-order valence-corrected chi connectivity index (χ4v) is 3.65. The number of ether oxygens (including phenoxy) is 1. The molecule has 1 aromatic heterocycles. The second-order valence-electron chi connectivity index (χ2n) is 7.61. The molecular weight excluding hydrogens is 390 g/mol. The number of pyridine rings is 1. The molecule has 0 unspecified atom stereocenters. The summed E-state index contributed by atoms with van der Waals surface area (Å²) in [5.41, 5.74) is 9.73. The molecule has 160 valence electrons. The smallest absolute Gasteiger partial charge is 0.252 e. The summed E-state index contributed by atoms with van der Waals surface area (Å²) in [6.45, 7) is 5.13. The minimum absolute atomic E-state index is 0.355. The summed E-state index contributed by atoms with van der Waals surface area (Å²) < 4.78 is 5.52. The fourth-order valence-electron chi connectivity index (χ4n) is 3.65. The second-order valence-corrected chi connectivity index (χ2v) is 7.61. The maximum Gasteiger partial charge on any atom is 0.252 e. The molecule has 0 bridgehead atoms. The first kappa shape index (κ1) is 20.7. The van der Waals surface area contributed by atoms with E-state index in [1.807, 2.05) is 42.5 Å². The molecule has 1 atom stereocenters. The monoisotopic (exact) mass is 417 g/mol. The lowest BCUT2D eigenvalue weighted by molar-refractivity contribution is 0.0989. The molecule has 2 aromatic carbocycles. The van der Waals surface area contributed by atoms with E-state index in [-0.39, 0.29) is 0 Å². The van der Waals surface area contributed by atoms with Crippen LogP contribution in [0.4, 0.5) is 22.9 Å². The largest absolute Gasteiger partial charge is 0.380 e. The second kappa shape index (κ2) is 9.49. The maximum absolute atomic E-state index is 11.8. The number of nitrogens with two attached hydrogens (primary N) is 1. The number of aromatic nitrogens is 1. The summed E-state index contributed by atoms with van der Waals surface area (Å²) in [6.07, 6.45) is 1.50. The number of nitrogens with zero attached hydrogens (tertiary/aromatic N) is 2. The van der Waals surface area contributed by atoms with E-state index in [4.69, 9.17) is 10.5 Å². The van der Waals surface area contributed by atoms with Crippen LogP contribution in [-0.2, 0) is 11.3 Å². The van der Waals surface area contributed by atoms with Crippen molar-refractivity contribution in [3.63, 3.8) is 0 Å².